The second-order valence-electron chi connectivity index (χ2n) is 8.00. The highest BCUT2D eigenvalue weighted by Crippen LogP contribution is 2.25. The molecule has 0 spiro atoms. The third-order valence-corrected chi connectivity index (χ3v) is 5.58. The van der Waals surface area contributed by atoms with Crippen LogP contribution in [-0.4, -0.2) is 21.3 Å². The highest BCUT2D eigenvalue weighted by molar-refractivity contribution is 5.58. The third-order valence-electron chi connectivity index (χ3n) is 5.58. The summed E-state index contributed by atoms with van der Waals surface area (Å²) in [5, 5.41) is 0. The minimum Gasteiger partial charge on any atom is -0.497 e. The minimum atomic E-state index is -1.21. The lowest BCUT2D eigenvalue weighted by molar-refractivity contribution is 0.414. The number of methoxy groups -OCH3 is 3. The molecule has 0 saturated carbocycles. The highest BCUT2D eigenvalue weighted by Gasteiger charge is 2.22. The summed E-state index contributed by atoms with van der Waals surface area (Å²) in [5.74, 6) is 13.8. The Hall–Kier alpha value is -5.25. The summed E-state index contributed by atoms with van der Waals surface area (Å²) >= 11 is 0. The van der Waals surface area contributed by atoms with Gasteiger partial charge in [0.2, 0.25) is 0 Å². The van der Waals surface area contributed by atoms with Gasteiger partial charge in [-0.05, 0) is 72.8 Å². The summed E-state index contributed by atoms with van der Waals surface area (Å²) in [6.45, 7) is 0. The van der Waals surface area contributed by atoms with Crippen LogP contribution in [0.3, 0.4) is 0 Å². The van der Waals surface area contributed by atoms with E-state index in [4.69, 9.17) is 14.2 Å². The van der Waals surface area contributed by atoms with Crippen molar-refractivity contribution < 1.29 is 27.4 Å². The monoisotopic (exact) mass is 522 g/mol. The van der Waals surface area contributed by atoms with Gasteiger partial charge in [-0.2, -0.15) is 0 Å². The average Bonchev–Trinajstić information content (AvgIpc) is 2.97. The van der Waals surface area contributed by atoms with Gasteiger partial charge in [0.05, 0.1) is 38.0 Å². The number of rotatable bonds is 3. The van der Waals surface area contributed by atoms with E-state index >= 15 is 13.2 Å². The SMILES string of the molecule is COc1ccc(C#Cc2c(F)c(C#Cc3ccc(OC)cc3)c(F)c(C#Cc3ccc(OC)cc3)c2F)cc1. The molecule has 4 aromatic carbocycles. The lowest BCUT2D eigenvalue weighted by Gasteiger charge is -2.06. The predicted molar refractivity (Wildman–Crippen MR) is 143 cm³/mol. The Balaban J connectivity index is 1.84. The van der Waals surface area contributed by atoms with Gasteiger partial charge < -0.3 is 14.2 Å². The molecule has 4 aromatic rings. The van der Waals surface area contributed by atoms with Crippen LogP contribution in [0, 0.1) is 53.0 Å². The normalized spacial score (nSPS) is 9.69. The number of benzene rings is 4. The van der Waals surface area contributed by atoms with Crippen molar-refractivity contribution in [1.82, 2.24) is 0 Å². The Bertz CT molecular complexity index is 1450. The highest BCUT2D eigenvalue weighted by atomic mass is 19.1. The van der Waals surface area contributed by atoms with Gasteiger partial charge in [-0.25, -0.2) is 13.2 Å². The Morgan fingerprint density at radius 2 is 0.615 bits per heavy atom. The van der Waals surface area contributed by atoms with Crippen LogP contribution in [0.2, 0.25) is 0 Å². The van der Waals surface area contributed by atoms with Crippen LogP contribution in [0.25, 0.3) is 0 Å². The molecule has 0 unspecified atom stereocenters. The second-order valence-corrected chi connectivity index (χ2v) is 8.00. The maximum Gasteiger partial charge on any atom is 0.160 e. The molecule has 0 amide bonds. The van der Waals surface area contributed by atoms with E-state index in [2.05, 4.69) is 35.5 Å². The van der Waals surface area contributed by atoms with E-state index in [-0.39, 0.29) is 0 Å². The standard InChI is InChI=1S/C33H21F3O3/c1-37-25-13-4-22(5-14-25)10-19-28-31(34)29(20-11-23-6-15-26(38-2)16-7-23)33(36)30(32(28)35)21-12-24-8-17-27(39-3)18-9-24/h4-9,13-18H,1-3H3. The van der Waals surface area contributed by atoms with Gasteiger partial charge in [-0.3, -0.25) is 0 Å². The molecule has 0 heterocycles. The van der Waals surface area contributed by atoms with E-state index < -0.39 is 34.1 Å². The molecule has 0 saturated heterocycles. The largest absolute Gasteiger partial charge is 0.497 e. The first kappa shape index (κ1) is 26.8. The molecule has 0 aliphatic heterocycles. The molecule has 0 bridgehead atoms. The van der Waals surface area contributed by atoms with Gasteiger partial charge in [0.1, 0.15) is 17.2 Å². The van der Waals surface area contributed by atoms with Crippen molar-refractivity contribution in [3.05, 3.63) is 124 Å². The summed E-state index contributed by atoms with van der Waals surface area (Å²) in [7, 11) is 4.56. The first-order chi connectivity index (χ1) is 18.9. The van der Waals surface area contributed by atoms with E-state index in [1.807, 2.05) is 0 Å². The van der Waals surface area contributed by atoms with Crippen molar-refractivity contribution in [3.63, 3.8) is 0 Å². The number of ether oxygens (including phenoxy) is 3. The van der Waals surface area contributed by atoms with Crippen LogP contribution in [0.15, 0.2) is 72.8 Å². The van der Waals surface area contributed by atoms with E-state index in [0.717, 1.165) is 0 Å². The molecular formula is C33H21F3O3. The summed E-state index contributed by atoms with van der Waals surface area (Å²) in [6.07, 6.45) is 0. The van der Waals surface area contributed by atoms with E-state index in [1.54, 1.807) is 72.8 Å². The Kier molecular flexibility index (Phi) is 8.47. The zero-order valence-corrected chi connectivity index (χ0v) is 21.3. The number of hydrogen-bond acceptors (Lipinski definition) is 3. The molecule has 0 aliphatic carbocycles. The van der Waals surface area contributed by atoms with Gasteiger partial charge in [0, 0.05) is 16.7 Å². The van der Waals surface area contributed by atoms with Gasteiger partial charge >= 0.3 is 0 Å². The molecule has 3 nitrogen and oxygen atoms in total. The topological polar surface area (TPSA) is 27.7 Å². The molecule has 0 radical (unpaired) electrons. The molecule has 4 rings (SSSR count). The Morgan fingerprint density at radius 3 is 0.821 bits per heavy atom. The van der Waals surface area contributed by atoms with Crippen molar-refractivity contribution in [2.75, 3.05) is 21.3 Å². The molecule has 0 N–H and O–H groups in total. The quantitative estimate of drug-likeness (QED) is 0.295. The fraction of sp³-hybridized carbons (Fsp3) is 0.0909. The van der Waals surface area contributed by atoms with Crippen LogP contribution in [0.4, 0.5) is 13.2 Å². The molecular weight excluding hydrogens is 501 g/mol. The maximum atomic E-state index is 15.5. The van der Waals surface area contributed by atoms with Crippen LogP contribution in [0.5, 0.6) is 17.2 Å². The van der Waals surface area contributed by atoms with Crippen LogP contribution >= 0.6 is 0 Å². The van der Waals surface area contributed by atoms with Gasteiger partial charge in [0.25, 0.3) is 0 Å². The minimum absolute atomic E-state index is 0.482. The smallest absolute Gasteiger partial charge is 0.160 e. The molecule has 6 heteroatoms. The molecule has 0 aliphatic rings. The second kappa shape index (κ2) is 12.3. The number of halogens is 3. The van der Waals surface area contributed by atoms with Crippen LogP contribution < -0.4 is 14.2 Å². The maximum absolute atomic E-state index is 15.5. The van der Waals surface area contributed by atoms with Gasteiger partial charge in [0.15, 0.2) is 17.5 Å². The average molecular weight is 523 g/mol. The Morgan fingerprint density at radius 1 is 0.385 bits per heavy atom. The fourth-order valence-electron chi connectivity index (χ4n) is 3.42. The Labute approximate surface area is 225 Å². The summed E-state index contributed by atoms with van der Waals surface area (Å²) in [4.78, 5) is 0. The molecule has 192 valence electrons. The van der Waals surface area contributed by atoms with Crippen LogP contribution in [0.1, 0.15) is 33.4 Å². The summed E-state index contributed by atoms with van der Waals surface area (Å²) < 4.78 is 61.8. The number of hydrogen-bond donors (Lipinski definition) is 0. The first-order valence-electron chi connectivity index (χ1n) is 11.6. The van der Waals surface area contributed by atoms with Crippen molar-refractivity contribution in [1.29, 1.82) is 0 Å². The predicted octanol–water partition coefficient (Wildman–Crippen LogP) is 6.33. The van der Waals surface area contributed by atoms with Crippen LogP contribution in [-0.2, 0) is 0 Å². The van der Waals surface area contributed by atoms with Crippen molar-refractivity contribution in [2.24, 2.45) is 0 Å². The van der Waals surface area contributed by atoms with Gasteiger partial charge in [-0.1, -0.05) is 35.5 Å². The van der Waals surface area contributed by atoms with E-state index in [0.29, 0.717) is 33.9 Å². The summed E-state index contributed by atoms with van der Waals surface area (Å²) in [5.41, 5.74) is -0.456. The zero-order valence-electron chi connectivity index (χ0n) is 21.3. The van der Waals surface area contributed by atoms with Gasteiger partial charge in [-0.15, -0.1) is 0 Å². The molecule has 0 aromatic heterocycles. The fourth-order valence-corrected chi connectivity index (χ4v) is 3.42. The first-order valence-corrected chi connectivity index (χ1v) is 11.6. The summed E-state index contributed by atoms with van der Waals surface area (Å²) in [6, 6.07) is 19.8. The van der Waals surface area contributed by atoms with Crippen molar-refractivity contribution in [3.8, 4) is 52.8 Å². The van der Waals surface area contributed by atoms with Crippen molar-refractivity contribution >= 4 is 0 Å². The lowest BCUT2D eigenvalue weighted by atomic mass is 10.0. The van der Waals surface area contributed by atoms with E-state index in [9.17, 15) is 0 Å². The molecule has 0 atom stereocenters. The van der Waals surface area contributed by atoms with E-state index in [1.165, 1.54) is 21.3 Å². The zero-order chi connectivity index (χ0) is 27.8. The molecule has 39 heavy (non-hydrogen) atoms. The third kappa shape index (κ3) is 6.37. The van der Waals surface area contributed by atoms with Crippen molar-refractivity contribution in [2.45, 2.75) is 0 Å². The molecule has 0 fully saturated rings. The lowest BCUT2D eigenvalue weighted by Crippen LogP contribution is -2.04.